The highest BCUT2D eigenvalue weighted by Gasteiger charge is 2.19. The lowest BCUT2D eigenvalue weighted by Crippen LogP contribution is -2.34. The van der Waals surface area contributed by atoms with Crippen LogP contribution in [0.5, 0.6) is 0 Å². The first-order valence-corrected chi connectivity index (χ1v) is 6.44. The second-order valence-electron chi connectivity index (χ2n) is 4.97. The Hall–Kier alpha value is -1.00. The summed E-state index contributed by atoms with van der Waals surface area (Å²) in [7, 11) is 0. The van der Waals surface area contributed by atoms with E-state index in [0.29, 0.717) is 19.0 Å². The van der Waals surface area contributed by atoms with Crippen molar-refractivity contribution in [2.24, 2.45) is 16.6 Å². The van der Waals surface area contributed by atoms with Crippen LogP contribution in [0.4, 0.5) is 0 Å². The van der Waals surface area contributed by atoms with Crippen LogP contribution in [0.2, 0.25) is 0 Å². The summed E-state index contributed by atoms with van der Waals surface area (Å²) < 4.78 is 0. The van der Waals surface area contributed by atoms with Crippen molar-refractivity contribution in [3.05, 3.63) is 11.6 Å². The van der Waals surface area contributed by atoms with E-state index in [4.69, 9.17) is 5.73 Å². The molecule has 4 heteroatoms. The average Bonchev–Trinajstić information content (AvgIpc) is 2.32. The van der Waals surface area contributed by atoms with Crippen molar-refractivity contribution in [1.29, 1.82) is 0 Å². The first kappa shape index (κ1) is 12.5. The third-order valence-corrected chi connectivity index (χ3v) is 3.48. The monoisotopic (exact) mass is 235 g/mol. The Labute approximate surface area is 102 Å². The molecule has 1 fully saturated rings. The zero-order chi connectivity index (χ0) is 12.1. The molecule has 4 nitrogen and oxygen atoms in total. The predicted octanol–water partition coefficient (Wildman–Crippen LogP) is 0.673. The molecule has 1 heterocycles. The van der Waals surface area contributed by atoms with E-state index in [9.17, 15) is 4.79 Å². The minimum absolute atomic E-state index is 0.149. The molecule has 0 amide bonds. The van der Waals surface area contributed by atoms with Gasteiger partial charge in [0.05, 0.1) is 13.1 Å². The molecule has 1 unspecified atom stereocenters. The quantitative estimate of drug-likeness (QED) is 0.707. The fourth-order valence-corrected chi connectivity index (χ4v) is 2.46. The molecule has 0 bridgehead atoms. The third-order valence-electron chi connectivity index (χ3n) is 3.48. The molecule has 0 aromatic rings. The van der Waals surface area contributed by atoms with Crippen molar-refractivity contribution in [2.75, 3.05) is 19.6 Å². The van der Waals surface area contributed by atoms with Crippen LogP contribution in [0.25, 0.3) is 0 Å². The predicted molar refractivity (Wildman–Crippen MR) is 69.3 cm³/mol. The number of hydrogen-bond donors (Lipinski definition) is 2. The minimum Gasteiger partial charge on any atom is -0.327 e. The van der Waals surface area contributed by atoms with Gasteiger partial charge in [-0.3, -0.25) is 9.79 Å². The van der Waals surface area contributed by atoms with E-state index in [-0.39, 0.29) is 11.8 Å². The van der Waals surface area contributed by atoms with Gasteiger partial charge in [0.15, 0.2) is 5.78 Å². The number of nitrogens with one attached hydrogen (secondary N) is 1. The molecule has 0 aromatic carbocycles. The van der Waals surface area contributed by atoms with E-state index < -0.39 is 0 Å². The SMILES string of the molecule is N[C@@H]1CCCCC1C=NCC1=CC(=O)CNC1. The first-order valence-electron chi connectivity index (χ1n) is 6.44. The number of hydrogen-bond acceptors (Lipinski definition) is 4. The van der Waals surface area contributed by atoms with E-state index in [1.165, 1.54) is 12.8 Å². The number of nitrogens with two attached hydrogens (primary N) is 1. The second-order valence-corrected chi connectivity index (χ2v) is 4.97. The summed E-state index contributed by atoms with van der Waals surface area (Å²) in [6, 6.07) is 0.271. The minimum atomic E-state index is 0.149. The van der Waals surface area contributed by atoms with E-state index in [1.54, 1.807) is 6.08 Å². The van der Waals surface area contributed by atoms with Gasteiger partial charge in [0.2, 0.25) is 0 Å². The number of aliphatic imine (C=N–C) groups is 1. The molecule has 0 radical (unpaired) electrons. The number of ketones is 1. The fraction of sp³-hybridized carbons (Fsp3) is 0.692. The first-order chi connectivity index (χ1) is 8.25. The smallest absolute Gasteiger partial charge is 0.169 e. The molecule has 0 aromatic heterocycles. The normalized spacial score (nSPS) is 30.6. The molecule has 2 atom stereocenters. The zero-order valence-electron chi connectivity index (χ0n) is 10.2. The molecule has 1 aliphatic heterocycles. The highest BCUT2D eigenvalue weighted by Crippen LogP contribution is 2.21. The van der Waals surface area contributed by atoms with E-state index in [1.807, 2.05) is 6.21 Å². The van der Waals surface area contributed by atoms with Crippen molar-refractivity contribution in [3.8, 4) is 0 Å². The van der Waals surface area contributed by atoms with Gasteiger partial charge in [0.1, 0.15) is 0 Å². The summed E-state index contributed by atoms with van der Waals surface area (Å²) in [6.07, 6.45) is 8.49. The maximum atomic E-state index is 11.2. The van der Waals surface area contributed by atoms with Crippen LogP contribution < -0.4 is 11.1 Å². The van der Waals surface area contributed by atoms with Crippen LogP contribution in [0.15, 0.2) is 16.6 Å². The van der Waals surface area contributed by atoms with Crippen molar-refractivity contribution >= 4 is 12.0 Å². The molecule has 0 saturated heterocycles. The lowest BCUT2D eigenvalue weighted by molar-refractivity contribution is -0.114. The van der Waals surface area contributed by atoms with Gasteiger partial charge in [0.25, 0.3) is 0 Å². The van der Waals surface area contributed by atoms with Gasteiger partial charge in [0, 0.05) is 24.7 Å². The average molecular weight is 235 g/mol. The topological polar surface area (TPSA) is 67.5 Å². The van der Waals surface area contributed by atoms with Gasteiger partial charge in [-0.2, -0.15) is 0 Å². The van der Waals surface area contributed by atoms with Crippen molar-refractivity contribution < 1.29 is 4.79 Å². The Kier molecular flexibility index (Phi) is 4.45. The molecular weight excluding hydrogens is 214 g/mol. The molecular formula is C13H21N3O. The Morgan fingerprint density at radius 2 is 2.24 bits per heavy atom. The van der Waals surface area contributed by atoms with Crippen LogP contribution in [0.3, 0.4) is 0 Å². The number of rotatable bonds is 3. The van der Waals surface area contributed by atoms with Gasteiger partial charge < -0.3 is 11.1 Å². The highest BCUT2D eigenvalue weighted by atomic mass is 16.1. The molecule has 1 saturated carbocycles. The third kappa shape index (κ3) is 3.75. The van der Waals surface area contributed by atoms with E-state index in [2.05, 4.69) is 10.3 Å². The molecule has 2 aliphatic rings. The van der Waals surface area contributed by atoms with Crippen LogP contribution in [-0.4, -0.2) is 37.7 Å². The van der Waals surface area contributed by atoms with Gasteiger partial charge in [-0.1, -0.05) is 12.8 Å². The summed E-state index contributed by atoms with van der Waals surface area (Å²) in [4.78, 5) is 15.6. The van der Waals surface area contributed by atoms with Gasteiger partial charge in [-0.15, -0.1) is 0 Å². The van der Waals surface area contributed by atoms with Gasteiger partial charge in [-0.05, 0) is 24.5 Å². The maximum absolute atomic E-state index is 11.2. The van der Waals surface area contributed by atoms with Crippen LogP contribution in [-0.2, 0) is 4.79 Å². The highest BCUT2D eigenvalue weighted by molar-refractivity contribution is 5.93. The van der Waals surface area contributed by atoms with Crippen molar-refractivity contribution in [3.63, 3.8) is 0 Å². The Bertz CT molecular complexity index is 336. The molecule has 17 heavy (non-hydrogen) atoms. The largest absolute Gasteiger partial charge is 0.327 e. The lowest BCUT2D eigenvalue weighted by Gasteiger charge is -2.25. The van der Waals surface area contributed by atoms with Gasteiger partial charge >= 0.3 is 0 Å². The van der Waals surface area contributed by atoms with E-state index in [0.717, 1.165) is 25.0 Å². The summed E-state index contributed by atoms with van der Waals surface area (Å²) in [5, 5.41) is 3.07. The maximum Gasteiger partial charge on any atom is 0.169 e. The van der Waals surface area contributed by atoms with Crippen LogP contribution >= 0.6 is 0 Å². The fourth-order valence-electron chi connectivity index (χ4n) is 2.46. The molecule has 0 spiro atoms. The Morgan fingerprint density at radius 3 is 3.00 bits per heavy atom. The standard InChI is InChI=1S/C13H21N3O/c14-13-4-2-1-3-11(13)8-15-6-10-5-12(17)9-16-7-10/h5,8,11,13,16H,1-4,6-7,9,14H2/t11?,13-/m1/s1. The van der Waals surface area contributed by atoms with Crippen LogP contribution in [0.1, 0.15) is 25.7 Å². The molecule has 3 N–H and O–H groups in total. The zero-order valence-corrected chi connectivity index (χ0v) is 10.2. The number of nitrogens with zero attached hydrogens (tertiary/aromatic N) is 1. The van der Waals surface area contributed by atoms with Crippen molar-refractivity contribution in [2.45, 2.75) is 31.7 Å². The molecule has 94 valence electrons. The molecule has 1 aliphatic carbocycles. The molecule has 2 rings (SSSR count). The summed E-state index contributed by atoms with van der Waals surface area (Å²) in [5.41, 5.74) is 7.12. The Morgan fingerprint density at radius 1 is 1.41 bits per heavy atom. The summed E-state index contributed by atoms with van der Waals surface area (Å²) >= 11 is 0. The summed E-state index contributed by atoms with van der Waals surface area (Å²) in [6.45, 7) is 1.86. The van der Waals surface area contributed by atoms with Crippen molar-refractivity contribution in [1.82, 2.24) is 5.32 Å². The van der Waals surface area contributed by atoms with Crippen LogP contribution in [0, 0.1) is 5.92 Å². The Balaban J connectivity index is 1.82. The van der Waals surface area contributed by atoms with Gasteiger partial charge in [-0.25, -0.2) is 0 Å². The second kappa shape index (κ2) is 6.07. The lowest BCUT2D eigenvalue weighted by atomic mass is 9.86. The van der Waals surface area contributed by atoms with E-state index >= 15 is 0 Å². The summed E-state index contributed by atoms with van der Waals surface area (Å²) in [5.74, 6) is 0.576. The number of carbonyl (C=O) groups excluding carboxylic acids is 1. The number of carbonyl (C=O) groups is 1.